The summed E-state index contributed by atoms with van der Waals surface area (Å²) >= 11 is 0. The molecule has 2 atom stereocenters. The van der Waals surface area contributed by atoms with Gasteiger partial charge in [-0.15, -0.1) is 0 Å². The molecular formula is C90H120O12. The quantitative estimate of drug-likeness (QED) is 0.126. The maximum Gasteiger partial charge on any atom is 0.160 e. The lowest BCUT2D eigenvalue weighted by Gasteiger charge is -2.33. The molecule has 6 aliphatic rings. The number of Topliss-reactive ketones (excluding diaryl/α,β-unsaturated/α-hetero) is 6. The van der Waals surface area contributed by atoms with Gasteiger partial charge >= 0.3 is 0 Å². The molecule has 12 rings (SSSR count). The molecule has 2 unspecified atom stereocenters. The standard InChI is InChI=1S/C17H24O2.C16H22O2.2C15H20O2.C14H18O2.C13H16O2/c1-7-8-12-9-14-15(10-13(12)11(2)18)19-17(5,6)16(14,3)4;1-7-11-8-13-14(9-12(11)10(2)17)18-16(5,6)15(13,3)4;1-9-7-13-12(8-11(9)10(2)16)14(3,4)15(5,6)17-13;1-8-9(2)14-10(3)15(5,6)17-13(14)7-12(8)11(4)16;1-9(15)10-6-7-12-11(8-10)13(2,3)14(4,5)16-12;1-8-11-7-10(9(2)14)5-6-12(11)15-13(8,3)4/h9-10H,7-8H2,1-6H3;8-9H,7H2,1-6H3;7-8H,1-6H3;7,10H,1-6H3;6-8H,1-5H3;5-8H,1-4H3. The maximum absolute atomic E-state index is 11.8. The van der Waals surface area contributed by atoms with Gasteiger partial charge in [-0.05, 0) is 253 Å². The summed E-state index contributed by atoms with van der Waals surface area (Å²) in [5.41, 5.74) is 15.8. The van der Waals surface area contributed by atoms with E-state index in [1.165, 1.54) is 22.3 Å². The van der Waals surface area contributed by atoms with Crippen LogP contribution >= 0.6 is 0 Å². The second kappa shape index (κ2) is 28.3. The number of aryl methyl sites for hydroxylation is 3. The molecule has 0 bridgehead atoms. The van der Waals surface area contributed by atoms with Crippen molar-refractivity contribution < 1.29 is 57.2 Å². The van der Waals surface area contributed by atoms with Crippen molar-refractivity contribution in [3.63, 3.8) is 0 Å². The third-order valence-corrected chi connectivity index (χ3v) is 24.8. The average molecular weight is 1390 g/mol. The highest BCUT2D eigenvalue weighted by Crippen LogP contribution is 2.54. The number of ketones is 6. The first-order valence-electron chi connectivity index (χ1n) is 36.6. The van der Waals surface area contributed by atoms with Gasteiger partial charge in [-0.3, -0.25) is 28.8 Å². The lowest BCUT2D eigenvalue weighted by Crippen LogP contribution is -2.42. The number of hydrogen-bond donors (Lipinski definition) is 0. The summed E-state index contributed by atoms with van der Waals surface area (Å²) in [6.07, 6.45) is 2.86. The van der Waals surface area contributed by atoms with Crippen molar-refractivity contribution >= 4 is 34.7 Å². The van der Waals surface area contributed by atoms with Gasteiger partial charge in [0.05, 0.1) is 0 Å². The molecule has 0 spiro atoms. The third-order valence-electron chi connectivity index (χ3n) is 24.8. The molecule has 6 aromatic carbocycles. The average Bonchev–Trinajstić information content (AvgIpc) is 1.60. The van der Waals surface area contributed by atoms with E-state index in [0.717, 1.165) is 126 Å². The van der Waals surface area contributed by atoms with Crippen molar-refractivity contribution in [2.24, 2.45) is 0 Å². The van der Waals surface area contributed by atoms with Gasteiger partial charge in [0.1, 0.15) is 68.1 Å². The van der Waals surface area contributed by atoms with Gasteiger partial charge in [0.2, 0.25) is 0 Å². The van der Waals surface area contributed by atoms with Crippen LogP contribution in [-0.2, 0) is 34.5 Å². The molecule has 102 heavy (non-hydrogen) atoms. The Hall–Kier alpha value is -7.86. The van der Waals surface area contributed by atoms with Crippen LogP contribution < -0.4 is 28.4 Å². The van der Waals surface area contributed by atoms with E-state index in [4.69, 9.17) is 28.4 Å². The van der Waals surface area contributed by atoms with Crippen LogP contribution in [0.25, 0.3) is 0 Å². The fraction of sp³-hybridized carbons (Fsp3) is 0.533. The Morgan fingerprint density at radius 3 is 1.12 bits per heavy atom. The number of fused-ring (bicyclic) bond motifs is 6. The first-order valence-corrected chi connectivity index (χ1v) is 36.6. The fourth-order valence-electron chi connectivity index (χ4n) is 14.2. The van der Waals surface area contributed by atoms with Gasteiger partial charge in [-0.25, -0.2) is 0 Å². The Morgan fingerprint density at radius 2 is 0.696 bits per heavy atom. The van der Waals surface area contributed by atoms with Gasteiger partial charge in [-0.2, -0.15) is 0 Å². The summed E-state index contributed by atoms with van der Waals surface area (Å²) in [5.74, 6) is 6.71. The molecule has 552 valence electrons. The molecular weight excluding hydrogens is 1270 g/mol. The number of rotatable bonds is 9. The van der Waals surface area contributed by atoms with Crippen LogP contribution in [0.2, 0.25) is 0 Å². The third kappa shape index (κ3) is 15.1. The van der Waals surface area contributed by atoms with E-state index in [9.17, 15) is 28.8 Å². The monoisotopic (exact) mass is 1390 g/mol. The molecule has 12 nitrogen and oxygen atoms in total. The first kappa shape index (κ1) is 81.4. The van der Waals surface area contributed by atoms with Gasteiger partial charge in [0.25, 0.3) is 0 Å². The van der Waals surface area contributed by atoms with Crippen LogP contribution in [0.3, 0.4) is 0 Å². The zero-order valence-electron chi connectivity index (χ0n) is 68.2. The summed E-state index contributed by atoms with van der Waals surface area (Å²) < 4.78 is 35.9. The van der Waals surface area contributed by atoms with Crippen molar-refractivity contribution in [3.05, 3.63) is 173 Å². The van der Waals surface area contributed by atoms with Crippen molar-refractivity contribution in [3.8, 4) is 34.5 Å². The van der Waals surface area contributed by atoms with Gasteiger partial charge in [-0.1, -0.05) is 102 Å². The van der Waals surface area contributed by atoms with Crippen LogP contribution in [-0.4, -0.2) is 68.3 Å². The minimum atomic E-state index is -0.242. The second-order valence-electron chi connectivity index (χ2n) is 34.5. The van der Waals surface area contributed by atoms with Crippen LogP contribution in [0.15, 0.2) is 78.9 Å². The Bertz CT molecular complexity index is 4320. The lowest BCUT2D eigenvalue weighted by atomic mass is 9.73. The minimum absolute atomic E-state index is 0.0401. The second-order valence-corrected chi connectivity index (χ2v) is 34.5. The predicted molar refractivity (Wildman–Crippen MR) is 413 cm³/mol. The predicted octanol–water partition coefficient (Wildman–Crippen LogP) is 22.1. The molecule has 0 N–H and O–H groups in total. The normalized spacial score (nSPS) is 20.0. The number of carbonyl (C=O) groups excluding carboxylic acids is 6. The molecule has 0 aliphatic carbocycles. The highest BCUT2D eigenvalue weighted by atomic mass is 16.5. The highest BCUT2D eigenvalue weighted by molar-refractivity contribution is 5.99. The van der Waals surface area contributed by atoms with E-state index in [0.29, 0.717) is 11.8 Å². The van der Waals surface area contributed by atoms with Gasteiger partial charge in [0.15, 0.2) is 34.7 Å². The highest BCUT2D eigenvalue weighted by Gasteiger charge is 2.52. The van der Waals surface area contributed by atoms with E-state index in [1.54, 1.807) is 41.5 Å². The Balaban J connectivity index is 0.000000172. The maximum atomic E-state index is 11.8. The van der Waals surface area contributed by atoms with E-state index < -0.39 is 0 Å². The molecule has 0 aromatic heterocycles. The summed E-state index contributed by atoms with van der Waals surface area (Å²) in [6.45, 7) is 66.8. The molecule has 0 saturated carbocycles. The van der Waals surface area contributed by atoms with E-state index in [-0.39, 0.29) is 90.0 Å². The molecule has 0 fully saturated rings. The number of ether oxygens (including phenoxy) is 6. The molecule has 0 radical (unpaired) electrons. The van der Waals surface area contributed by atoms with Gasteiger partial charge < -0.3 is 28.4 Å². The Kier molecular flexibility index (Phi) is 22.6. The molecule has 0 amide bonds. The lowest BCUT2D eigenvalue weighted by molar-refractivity contribution is 0.0710. The Labute approximate surface area is 611 Å². The Morgan fingerprint density at radius 1 is 0.343 bits per heavy atom. The molecule has 0 saturated heterocycles. The van der Waals surface area contributed by atoms with E-state index in [2.05, 4.69) is 185 Å². The van der Waals surface area contributed by atoms with Gasteiger partial charge in [0, 0.05) is 100 Å². The smallest absolute Gasteiger partial charge is 0.160 e. The van der Waals surface area contributed by atoms with Crippen molar-refractivity contribution in [1.82, 2.24) is 0 Å². The van der Waals surface area contributed by atoms with E-state index in [1.807, 2.05) is 80.6 Å². The van der Waals surface area contributed by atoms with Crippen LogP contribution in [0.5, 0.6) is 34.5 Å². The number of carbonyl (C=O) groups is 6. The van der Waals surface area contributed by atoms with Crippen molar-refractivity contribution in [2.45, 2.75) is 315 Å². The number of benzene rings is 6. The number of hydrogen-bond acceptors (Lipinski definition) is 12. The summed E-state index contributed by atoms with van der Waals surface area (Å²) in [5, 5.41) is 0. The fourth-order valence-corrected chi connectivity index (χ4v) is 14.2. The van der Waals surface area contributed by atoms with Crippen LogP contribution in [0.1, 0.15) is 349 Å². The van der Waals surface area contributed by atoms with E-state index >= 15 is 0 Å². The molecule has 6 heterocycles. The first-order chi connectivity index (χ1) is 46.5. The van der Waals surface area contributed by atoms with Crippen molar-refractivity contribution in [1.29, 1.82) is 0 Å². The van der Waals surface area contributed by atoms with Crippen LogP contribution in [0, 0.1) is 20.8 Å². The van der Waals surface area contributed by atoms with Crippen molar-refractivity contribution in [2.75, 3.05) is 0 Å². The SMILES string of the molecule is CC(=O)c1cc2c(c(C)c1C)C(C)C(C)(C)O2.CC(=O)c1cc2c(cc1C)OC(C)(C)C2(C)C.CC(=O)c1ccc2c(c1)C(C)(C)C(C)(C)O2.CC(=O)c1ccc2c(c1)C(C)C(C)(C)O2.CCCc1cc2c(cc1C(C)=O)OC(C)(C)C2(C)C.CCc1cc2c(cc1C(C)=O)OC(C)(C)C2(C)C. The summed E-state index contributed by atoms with van der Waals surface area (Å²) in [7, 11) is 0. The molecule has 12 heteroatoms. The minimum Gasteiger partial charge on any atom is -0.487 e. The summed E-state index contributed by atoms with van der Waals surface area (Å²) in [6, 6.07) is 25.5. The topological polar surface area (TPSA) is 158 Å². The summed E-state index contributed by atoms with van der Waals surface area (Å²) in [4.78, 5) is 69.4. The molecule has 6 aromatic rings. The zero-order valence-corrected chi connectivity index (χ0v) is 68.2. The van der Waals surface area contributed by atoms with Crippen LogP contribution in [0.4, 0.5) is 0 Å². The zero-order chi connectivity index (χ0) is 77.5. The molecule has 6 aliphatic heterocycles. The largest absolute Gasteiger partial charge is 0.487 e.